The fraction of sp³-hybridized carbons (Fsp3) is 0.381. The van der Waals surface area contributed by atoms with Crippen molar-refractivity contribution in [2.75, 3.05) is 11.9 Å². The molecular weight excluding hydrogens is 454 g/mol. The first kappa shape index (κ1) is 24.6. The highest BCUT2D eigenvalue weighted by Crippen LogP contribution is 2.31. The van der Waals surface area contributed by atoms with Gasteiger partial charge in [-0.1, -0.05) is 18.2 Å². The Morgan fingerprint density at radius 2 is 1.88 bits per heavy atom. The van der Waals surface area contributed by atoms with Crippen LogP contribution in [0.3, 0.4) is 0 Å². The fourth-order valence-corrected chi connectivity index (χ4v) is 4.56. The van der Waals surface area contributed by atoms with Crippen molar-refractivity contribution in [3.63, 3.8) is 0 Å². The lowest BCUT2D eigenvalue weighted by Crippen LogP contribution is -2.55. The highest BCUT2D eigenvalue weighted by molar-refractivity contribution is 7.90. The molecule has 1 aliphatic heterocycles. The van der Waals surface area contributed by atoms with E-state index in [9.17, 15) is 33.5 Å². The van der Waals surface area contributed by atoms with E-state index in [0.717, 1.165) is 12.1 Å². The maximum Gasteiger partial charge on any atom is 0.293 e. The molecule has 3 unspecified atom stereocenters. The summed E-state index contributed by atoms with van der Waals surface area (Å²) in [6.45, 7) is 3.32. The number of nitro groups is 1. The number of amides is 1. The van der Waals surface area contributed by atoms with Crippen LogP contribution in [0.25, 0.3) is 0 Å². The lowest BCUT2D eigenvalue weighted by Gasteiger charge is -2.42. The molecule has 0 aromatic heterocycles. The zero-order valence-electron chi connectivity index (χ0n) is 18.0. The predicted molar refractivity (Wildman–Crippen MR) is 118 cm³/mol. The second-order valence-corrected chi connectivity index (χ2v) is 9.89. The van der Waals surface area contributed by atoms with Crippen molar-refractivity contribution < 1.29 is 33.1 Å². The number of sulfonamides is 1. The van der Waals surface area contributed by atoms with Crippen molar-refractivity contribution in [2.24, 2.45) is 0 Å². The van der Waals surface area contributed by atoms with Gasteiger partial charge in [-0.25, -0.2) is 13.1 Å². The van der Waals surface area contributed by atoms with Crippen molar-refractivity contribution in [2.45, 2.75) is 49.1 Å². The Balaban J connectivity index is 1.76. The number of nitrogens with one attached hydrogen (secondary N) is 2. The zero-order valence-corrected chi connectivity index (χ0v) is 18.8. The Morgan fingerprint density at radius 3 is 2.48 bits per heavy atom. The second kappa shape index (κ2) is 9.43. The average molecular weight is 480 g/mol. The van der Waals surface area contributed by atoms with Gasteiger partial charge >= 0.3 is 0 Å². The Kier molecular flexibility index (Phi) is 7.03. The third-order valence-corrected chi connectivity index (χ3v) is 6.64. The molecule has 3 atom stereocenters. The van der Waals surface area contributed by atoms with E-state index in [4.69, 9.17) is 4.74 Å². The van der Waals surface area contributed by atoms with Crippen LogP contribution in [0.1, 0.15) is 30.6 Å². The molecule has 1 heterocycles. The summed E-state index contributed by atoms with van der Waals surface area (Å²) in [6, 6.07) is 10.9. The normalized spacial score (nSPS) is 22.4. The lowest BCUT2D eigenvalue weighted by molar-refractivity contribution is -0.384. The molecule has 0 bridgehead atoms. The molecule has 2 aromatic carbocycles. The number of aliphatic hydroxyl groups is 2. The Labute approximate surface area is 190 Å². The van der Waals surface area contributed by atoms with E-state index < -0.39 is 55.3 Å². The number of anilines is 1. The van der Waals surface area contributed by atoms with Crippen LogP contribution in [-0.2, 0) is 14.8 Å². The highest BCUT2D eigenvalue weighted by Gasteiger charge is 2.42. The molecular formula is C21H25N3O8S. The number of carbonyl (C=O) groups excluding carboxylic acids is 1. The maximum absolute atomic E-state index is 12.6. The molecule has 33 heavy (non-hydrogen) atoms. The van der Waals surface area contributed by atoms with Crippen molar-refractivity contribution in [3.8, 4) is 0 Å². The average Bonchev–Trinajstić information content (AvgIpc) is 2.75. The summed E-state index contributed by atoms with van der Waals surface area (Å²) in [5.74, 6) is -0.863. The van der Waals surface area contributed by atoms with E-state index in [1.807, 2.05) is 4.72 Å². The van der Waals surface area contributed by atoms with E-state index in [0.29, 0.717) is 0 Å². The molecule has 0 radical (unpaired) electrons. The summed E-state index contributed by atoms with van der Waals surface area (Å²) in [6.07, 6.45) is -2.52. The van der Waals surface area contributed by atoms with E-state index in [-0.39, 0.29) is 24.2 Å². The molecule has 1 saturated heterocycles. The third kappa shape index (κ3) is 5.66. The topological polar surface area (TPSA) is 168 Å². The minimum absolute atomic E-state index is 0.0374. The first-order valence-electron chi connectivity index (χ1n) is 10.1. The summed E-state index contributed by atoms with van der Waals surface area (Å²) < 4.78 is 32.8. The van der Waals surface area contributed by atoms with Crippen LogP contribution in [0.15, 0.2) is 53.4 Å². The number of ether oxygens (including phenoxy) is 1. The molecule has 178 valence electrons. The molecule has 0 spiro atoms. The van der Waals surface area contributed by atoms with Crippen LogP contribution in [0, 0.1) is 10.1 Å². The monoisotopic (exact) mass is 479 g/mol. The van der Waals surface area contributed by atoms with E-state index >= 15 is 0 Å². The first-order valence-corrected chi connectivity index (χ1v) is 11.6. The smallest absolute Gasteiger partial charge is 0.293 e. The van der Waals surface area contributed by atoms with Crippen molar-refractivity contribution >= 4 is 27.3 Å². The summed E-state index contributed by atoms with van der Waals surface area (Å²) in [4.78, 5) is 22.6. The van der Waals surface area contributed by atoms with Gasteiger partial charge in [0.25, 0.3) is 21.6 Å². The van der Waals surface area contributed by atoms with E-state index in [2.05, 4.69) is 5.32 Å². The SMILES string of the molecule is CC1(C)OC(CNc2ccc(S(=O)(=O)NC(=O)c3ccccc3)cc2[N+](=O)[O-])CC(O)C1O. The number of hydrogen-bond donors (Lipinski definition) is 4. The zero-order chi connectivity index (χ0) is 24.4. The van der Waals surface area contributed by atoms with Gasteiger partial charge in [-0.3, -0.25) is 14.9 Å². The molecule has 2 aromatic rings. The second-order valence-electron chi connectivity index (χ2n) is 8.21. The van der Waals surface area contributed by atoms with Gasteiger partial charge < -0.3 is 20.3 Å². The van der Waals surface area contributed by atoms with Crippen molar-refractivity contribution in [3.05, 3.63) is 64.2 Å². The van der Waals surface area contributed by atoms with Gasteiger partial charge in [0.05, 0.1) is 27.6 Å². The van der Waals surface area contributed by atoms with Gasteiger partial charge in [-0.05, 0) is 38.1 Å². The highest BCUT2D eigenvalue weighted by atomic mass is 32.2. The summed E-state index contributed by atoms with van der Waals surface area (Å²) in [7, 11) is -4.36. The number of benzene rings is 2. The van der Waals surface area contributed by atoms with Crippen LogP contribution in [0.5, 0.6) is 0 Å². The Bertz CT molecular complexity index is 1140. The van der Waals surface area contributed by atoms with Gasteiger partial charge in [-0.2, -0.15) is 0 Å². The van der Waals surface area contributed by atoms with Crippen molar-refractivity contribution in [1.82, 2.24) is 4.72 Å². The standard InChI is InChI=1S/C21H25N3O8S/c1-21(2)19(26)18(25)10-14(32-21)12-22-16-9-8-15(11-17(16)24(28)29)33(30,31)23-20(27)13-6-4-3-5-7-13/h3-9,11,14,18-19,22,25-26H,10,12H2,1-2H3,(H,23,27). The molecule has 11 nitrogen and oxygen atoms in total. The number of rotatable bonds is 7. The summed E-state index contributed by atoms with van der Waals surface area (Å²) in [5.41, 5.74) is -1.36. The van der Waals surface area contributed by atoms with Gasteiger partial charge in [0.2, 0.25) is 0 Å². The number of nitro benzene ring substituents is 1. The minimum atomic E-state index is -4.36. The molecule has 3 rings (SSSR count). The third-order valence-electron chi connectivity index (χ3n) is 5.31. The first-order chi connectivity index (χ1) is 15.4. The number of aliphatic hydroxyl groups excluding tert-OH is 2. The number of nitrogens with zero attached hydrogens (tertiary/aromatic N) is 1. The molecule has 0 saturated carbocycles. The number of carbonyl (C=O) groups is 1. The Hall–Kier alpha value is -3.06. The fourth-order valence-electron chi connectivity index (χ4n) is 3.57. The number of hydrogen-bond acceptors (Lipinski definition) is 9. The predicted octanol–water partition coefficient (Wildman–Crippen LogP) is 1.41. The maximum atomic E-state index is 12.6. The van der Waals surface area contributed by atoms with Crippen LogP contribution < -0.4 is 10.0 Å². The van der Waals surface area contributed by atoms with Gasteiger partial charge in [0, 0.05) is 24.6 Å². The van der Waals surface area contributed by atoms with Crippen LogP contribution in [0.4, 0.5) is 11.4 Å². The van der Waals surface area contributed by atoms with Gasteiger partial charge in [0.1, 0.15) is 11.8 Å². The van der Waals surface area contributed by atoms with Crippen LogP contribution >= 0.6 is 0 Å². The Morgan fingerprint density at radius 1 is 1.21 bits per heavy atom. The van der Waals surface area contributed by atoms with E-state index in [1.54, 1.807) is 32.0 Å². The molecule has 1 aliphatic rings. The van der Waals surface area contributed by atoms with Gasteiger partial charge in [-0.15, -0.1) is 0 Å². The quantitative estimate of drug-likeness (QED) is 0.339. The largest absolute Gasteiger partial charge is 0.390 e. The van der Waals surface area contributed by atoms with Crippen LogP contribution in [0.2, 0.25) is 0 Å². The summed E-state index contributed by atoms with van der Waals surface area (Å²) >= 11 is 0. The summed E-state index contributed by atoms with van der Waals surface area (Å²) in [5, 5.41) is 34.4. The molecule has 12 heteroatoms. The molecule has 0 aliphatic carbocycles. The van der Waals surface area contributed by atoms with Gasteiger partial charge in [0.15, 0.2) is 0 Å². The minimum Gasteiger partial charge on any atom is -0.390 e. The molecule has 1 fully saturated rings. The molecule has 1 amide bonds. The lowest BCUT2D eigenvalue weighted by atomic mass is 9.89. The van der Waals surface area contributed by atoms with Crippen LogP contribution in [-0.4, -0.2) is 59.9 Å². The molecule has 4 N–H and O–H groups in total. The van der Waals surface area contributed by atoms with Crippen molar-refractivity contribution in [1.29, 1.82) is 0 Å². The van der Waals surface area contributed by atoms with E-state index in [1.165, 1.54) is 18.2 Å².